The van der Waals surface area contributed by atoms with Crippen LogP contribution in [0.3, 0.4) is 0 Å². The third-order valence-electron chi connectivity index (χ3n) is 2.67. The fourth-order valence-corrected chi connectivity index (χ4v) is 2.00. The lowest BCUT2D eigenvalue weighted by atomic mass is 10.2. The van der Waals surface area contributed by atoms with Crippen molar-refractivity contribution in [3.63, 3.8) is 0 Å². The molecule has 0 unspecified atom stereocenters. The van der Waals surface area contributed by atoms with Gasteiger partial charge in [0, 0.05) is 38.8 Å². The molecule has 2 rings (SSSR count). The largest absolute Gasteiger partial charge is 0.314 e. The Labute approximate surface area is 98.2 Å². The number of nitrogens with zero attached hydrogens (tertiary/aromatic N) is 1. The van der Waals surface area contributed by atoms with E-state index in [1.54, 1.807) is 0 Å². The van der Waals surface area contributed by atoms with Crippen LogP contribution in [0.2, 0.25) is 5.02 Å². The summed E-state index contributed by atoms with van der Waals surface area (Å²) in [4.78, 5) is 2.12. The fourth-order valence-electron chi connectivity index (χ4n) is 1.83. The van der Waals surface area contributed by atoms with Gasteiger partial charge in [0.15, 0.2) is 0 Å². The summed E-state index contributed by atoms with van der Waals surface area (Å²) in [6, 6.07) is 2.11. The van der Waals surface area contributed by atoms with Gasteiger partial charge in [0.05, 0.1) is 5.02 Å². The Kier molecular flexibility index (Phi) is 3.74. The van der Waals surface area contributed by atoms with Crippen molar-refractivity contribution < 1.29 is 8.78 Å². The van der Waals surface area contributed by atoms with E-state index in [1.807, 2.05) is 0 Å². The average Bonchev–Trinajstić information content (AvgIpc) is 2.27. The molecular formula is C11H13ClF2N2. The van der Waals surface area contributed by atoms with E-state index in [0.717, 1.165) is 32.2 Å². The summed E-state index contributed by atoms with van der Waals surface area (Å²) in [5.41, 5.74) is 0.515. The van der Waals surface area contributed by atoms with Gasteiger partial charge in [-0.25, -0.2) is 8.78 Å². The van der Waals surface area contributed by atoms with E-state index in [-0.39, 0.29) is 5.02 Å². The van der Waals surface area contributed by atoms with E-state index in [4.69, 9.17) is 11.6 Å². The summed E-state index contributed by atoms with van der Waals surface area (Å²) in [5, 5.41) is 3.24. The molecular weight excluding hydrogens is 234 g/mol. The van der Waals surface area contributed by atoms with Crippen LogP contribution < -0.4 is 5.32 Å². The average molecular weight is 247 g/mol. The Morgan fingerprint density at radius 2 is 1.94 bits per heavy atom. The first-order valence-electron chi connectivity index (χ1n) is 5.23. The zero-order chi connectivity index (χ0) is 11.5. The van der Waals surface area contributed by atoms with Crippen molar-refractivity contribution in [1.29, 1.82) is 0 Å². The van der Waals surface area contributed by atoms with Crippen molar-refractivity contribution in [1.82, 2.24) is 10.2 Å². The minimum Gasteiger partial charge on any atom is -0.314 e. The standard InChI is InChI=1S/C11H13ClF2N2/c12-11-8(5-9(13)6-10(11)14)7-16-3-1-15-2-4-16/h5-6,15H,1-4,7H2. The number of piperazine rings is 1. The predicted octanol–water partition coefficient (Wildman–Crippen LogP) is 2.02. The molecule has 0 aromatic heterocycles. The number of rotatable bonds is 2. The van der Waals surface area contributed by atoms with Crippen LogP contribution in [-0.4, -0.2) is 31.1 Å². The molecule has 2 nitrogen and oxygen atoms in total. The summed E-state index contributed by atoms with van der Waals surface area (Å²) >= 11 is 5.80. The second kappa shape index (κ2) is 5.08. The molecule has 88 valence electrons. The van der Waals surface area contributed by atoms with Gasteiger partial charge in [0.1, 0.15) is 11.6 Å². The monoisotopic (exact) mass is 246 g/mol. The van der Waals surface area contributed by atoms with Crippen molar-refractivity contribution in [3.8, 4) is 0 Å². The summed E-state index contributed by atoms with van der Waals surface area (Å²) in [5.74, 6) is -1.26. The maximum Gasteiger partial charge on any atom is 0.145 e. The number of hydrogen-bond donors (Lipinski definition) is 1. The Balaban J connectivity index is 2.13. The number of nitrogens with one attached hydrogen (secondary N) is 1. The molecule has 16 heavy (non-hydrogen) atoms. The zero-order valence-electron chi connectivity index (χ0n) is 8.77. The van der Waals surface area contributed by atoms with Crippen molar-refractivity contribution in [2.75, 3.05) is 26.2 Å². The van der Waals surface area contributed by atoms with Crippen LogP contribution in [0, 0.1) is 11.6 Å². The molecule has 1 aromatic carbocycles. The van der Waals surface area contributed by atoms with Crippen LogP contribution in [-0.2, 0) is 6.54 Å². The molecule has 1 aliphatic heterocycles. The lowest BCUT2D eigenvalue weighted by Gasteiger charge is -2.27. The van der Waals surface area contributed by atoms with Gasteiger partial charge < -0.3 is 5.32 Å². The quantitative estimate of drug-likeness (QED) is 0.804. The van der Waals surface area contributed by atoms with Gasteiger partial charge in [-0.3, -0.25) is 4.90 Å². The number of hydrogen-bond acceptors (Lipinski definition) is 2. The van der Waals surface area contributed by atoms with Crippen molar-refractivity contribution >= 4 is 11.6 Å². The highest BCUT2D eigenvalue weighted by Crippen LogP contribution is 2.23. The van der Waals surface area contributed by atoms with Crippen LogP contribution in [0.4, 0.5) is 8.78 Å². The van der Waals surface area contributed by atoms with Gasteiger partial charge in [-0.15, -0.1) is 0 Å². The van der Waals surface area contributed by atoms with Crippen LogP contribution in [0.25, 0.3) is 0 Å². The van der Waals surface area contributed by atoms with E-state index in [1.165, 1.54) is 6.07 Å². The van der Waals surface area contributed by atoms with Gasteiger partial charge in [-0.05, 0) is 11.6 Å². The fraction of sp³-hybridized carbons (Fsp3) is 0.455. The predicted molar refractivity (Wildman–Crippen MR) is 59.5 cm³/mol. The van der Waals surface area contributed by atoms with Gasteiger partial charge in [0.2, 0.25) is 0 Å². The Morgan fingerprint density at radius 3 is 2.62 bits per heavy atom. The van der Waals surface area contributed by atoms with E-state index in [2.05, 4.69) is 10.2 Å². The number of halogens is 3. The highest BCUT2D eigenvalue weighted by Gasteiger charge is 2.14. The minimum absolute atomic E-state index is 0.0277. The summed E-state index contributed by atoms with van der Waals surface area (Å²) in [6.45, 7) is 4.03. The van der Waals surface area contributed by atoms with E-state index >= 15 is 0 Å². The summed E-state index contributed by atoms with van der Waals surface area (Å²) in [6.07, 6.45) is 0. The lowest BCUT2D eigenvalue weighted by molar-refractivity contribution is 0.232. The van der Waals surface area contributed by atoms with Gasteiger partial charge in [-0.1, -0.05) is 11.6 Å². The molecule has 0 radical (unpaired) electrons. The van der Waals surface area contributed by atoms with Gasteiger partial charge in [-0.2, -0.15) is 0 Å². The molecule has 0 atom stereocenters. The minimum atomic E-state index is -0.688. The molecule has 0 spiro atoms. The first-order valence-corrected chi connectivity index (χ1v) is 5.61. The molecule has 1 saturated heterocycles. The third-order valence-corrected chi connectivity index (χ3v) is 3.10. The highest BCUT2D eigenvalue weighted by atomic mass is 35.5. The maximum absolute atomic E-state index is 13.2. The first-order chi connectivity index (χ1) is 7.66. The molecule has 5 heteroatoms. The molecule has 1 fully saturated rings. The molecule has 1 N–H and O–H groups in total. The molecule has 0 bridgehead atoms. The zero-order valence-corrected chi connectivity index (χ0v) is 9.53. The van der Waals surface area contributed by atoms with Crippen LogP contribution in [0.1, 0.15) is 5.56 Å². The van der Waals surface area contributed by atoms with Gasteiger partial charge in [0.25, 0.3) is 0 Å². The second-order valence-electron chi connectivity index (χ2n) is 3.89. The molecule has 0 saturated carbocycles. The second-order valence-corrected chi connectivity index (χ2v) is 4.26. The van der Waals surface area contributed by atoms with Crippen LogP contribution in [0.15, 0.2) is 12.1 Å². The van der Waals surface area contributed by atoms with E-state index < -0.39 is 11.6 Å². The van der Waals surface area contributed by atoms with Crippen molar-refractivity contribution in [3.05, 3.63) is 34.4 Å². The molecule has 1 heterocycles. The third kappa shape index (κ3) is 2.70. The molecule has 0 amide bonds. The molecule has 0 aliphatic carbocycles. The highest BCUT2D eigenvalue weighted by molar-refractivity contribution is 6.31. The van der Waals surface area contributed by atoms with E-state index in [9.17, 15) is 8.78 Å². The summed E-state index contributed by atoms with van der Waals surface area (Å²) in [7, 11) is 0. The van der Waals surface area contributed by atoms with E-state index in [0.29, 0.717) is 12.1 Å². The molecule has 1 aromatic rings. The topological polar surface area (TPSA) is 15.3 Å². The Morgan fingerprint density at radius 1 is 1.25 bits per heavy atom. The normalized spacial score (nSPS) is 17.7. The maximum atomic E-state index is 13.2. The summed E-state index contributed by atoms with van der Waals surface area (Å²) < 4.78 is 26.2. The van der Waals surface area contributed by atoms with Gasteiger partial charge >= 0.3 is 0 Å². The Hall–Kier alpha value is -0.710. The molecule has 1 aliphatic rings. The van der Waals surface area contributed by atoms with Crippen molar-refractivity contribution in [2.45, 2.75) is 6.54 Å². The van der Waals surface area contributed by atoms with Crippen LogP contribution >= 0.6 is 11.6 Å². The first kappa shape index (κ1) is 11.8. The lowest BCUT2D eigenvalue weighted by Crippen LogP contribution is -2.42. The smallest absolute Gasteiger partial charge is 0.145 e. The van der Waals surface area contributed by atoms with Crippen molar-refractivity contribution in [2.24, 2.45) is 0 Å². The number of benzene rings is 1. The SMILES string of the molecule is Fc1cc(F)c(Cl)c(CN2CCNCC2)c1. The Bertz CT molecular complexity index is 378. The van der Waals surface area contributed by atoms with Crippen LogP contribution in [0.5, 0.6) is 0 Å².